The minimum atomic E-state index is 0.735. The van der Waals surface area contributed by atoms with Gasteiger partial charge < -0.3 is 0 Å². The van der Waals surface area contributed by atoms with Gasteiger partial charge in [0.05, 0.1) is 12.1 Å². The number of benzene rings is 1. The molecule has 0 aliphatic heterocycles. The van der Waals surface area contributed by atoms with Gasteiger partial charge in [0.15, 0.2) is 0 Å². The molecule has 0 amide bonds. The lowest BCUT2D eigenvalue weighted by Crippen LogP contribution is -2.00. The Hall–Kier alpha value is -1.64. The van der Waals surface area contributed by atoms with Crippen LogP contribution in [0.25, 0.3) is 11.0 Å². The number of fused-ring (bicyclic) bond motifs is 1. The van der Waals surface area contributed by atoms with Crippen LogP contribution in [0, 0.1) is 13.8 Å². The topological polar surface area (TPSA) is 30.7 Å². The molecular formula is C12H15N3. The molecular weight excluding hydrogens is 186 g/mol. The maximum Gasteiger partial charge on any atom is 0.113 e. The van der Waals surface area contributed by atoms with Crippen LogP contribution in [0.4, 0.5) is 0 Å². The average Bonchev–Trinajstić information content (AvgIpc) is 2.49. The second kappa shape index (κ2) is 3.50. The van der Waals surface area contributed by atoms with Gasteiger partial charge in [-0.15, -0.1) is 5.10 Å². The van der Waals surface area contributed by atoms with Gasteiger partial charge in [-0.05, 0) is 44.0 Å². The highest BCUT2D eigenvalue weighted by Gasteiger charge is 2.05. The van der Waals surface area contributed by atoms with Crippen molar-refractivity contribution in [2.24, 2.45) is 0 Å². The zero-order valence-electron chi connectivity index (χ0n) is 9.41. The summed E-state index contributed by atoms with van der Waals surface area (Å²) >= 11 is 0. The molecule has 0 saturated heterocycles. The van der Waals surface area contributed by atoms with Gasteiger partial charge in [0.1, 0.15) is 5.52 Å². The normalized spacial score (nSPS) is 10.9. The quantitative estimate of drug-likeness (QED) is 0.699. The summed E-state index contributed by atoms with van der Waals surface area (Å²) in [5, 5.41) is 8.27. The number of hydrogen-bond acceptors (Lipinski definition) is 2. The van der Waals surface area contributed by atoms with E-state index in [-0.39, 0.29) is 0 Å². The molecule has 0 saturated carbocycles. The van der Waals surface area contributed by atoms with Crippen LogP contribution in [-0.2, 0) is 6.54 Å². The minimum Gasteiger partial charge on any atom is -0.241 e. The fraction of sp³-hybridized carbons (Fsp3) is 0.333. The lowest BCUT2D eigenvalue weighted by atomic mass is 10.1. The summed E-state index contributed by atoms with van der Waals surface area (Å²) in [5.74, 6) is 0. The van der Waals surface area contributed by atoms with Crippen LogP contribution in [0.2, 0.25) is 0 Å². The van der Waals surface area contributed by atoms with Crippen molar-refractivity contribution < 1.29 is 0 Å². The van der Waals surface area contributed by atoms with E-state index in [1.54, 1.807) is 0 Å². The number of rotatable bonds is 2. The molecule has 0 fully saturated rings. The van der Waals surface area contributed by atoms with Gasteiger partial charge in [-0.25, -0.2) is 4.68 Å². The van der Waals surface area contributed by atoms with Gasteiger partial charge >= 0.3 is 0 Å². The minimum absolute atomic E-state index is 0.735. The van der Waals surface area contributed by atoms with Crippen molar-refractivity contribution in [1.29, 1.82) is 0 Å². The summed E-state index contributed by atoms with van der Waals surface area (Å²) < 4.78 is 1.89. The molecule has 0 aliphatic carbocycles. The van der Waals surface area contributed by atoms with E-state index in [4.69, 9.17) is 0 Å². The zero-order valence-corrected chi connectivity index (χ0v) is 9.41. The molecule has 0 aliphatic rings. The molecule has 0 radical (unpaired) electrons. The molecule has 0 unspecified atom stereocenters. The van der Waals surface area contributed by atoms with Crippen LogP contribution in [0.5, 0.6) is 0 Å². The standard InChI is InChI=1S/C12H15N3/c1-8(2)7-15-12-6-10(4)9(3)5-11(12)13-14-15/h5-6H,1,7H2,2-4H3. The molecule has 15 heavy (non-hydrogen) atoms. The third-order valence-electron chi connectivity index (χ3n) is 2.55. The van der Waals surface area contributed by atoms with E-state index in [1.807, 2.05) is 11.6 Å². The Morgan fingerprint density at radius 1 is 1.33 bits per heavy atom. The van der Waals surface area contributed by atoms with Crippen LogP contribution in [0.1, 0.15) is 18.1 Å². The highest BCUT2D eigenvalue weighted by atomic mass is 15.4. The highest BCUT2D eigenvalue weighted by molar-refractivity contribution is 5.76. The monoisotopic (exact) mass is 201 g/mol. The summed E-state index contributed by atoms with van der Waals surface area (Å²) in [6.07, 6.45) is 0. The van der Waals surface area contributed by atoms with Gasteiger partial charge in [0.25, 0.3) is 0 Å². The van der Waals surface area contributed by atoms with E-state index >= 15 is 0 Å². The van der Waals surface area contributed by atoms with Crippen molar-refractivity contribution in [2.45, 2.75) is 27.3 Å². The molecule has 0 bridgehead atoms. The summed E-state index contributed by atoms with van der Waals surface area (Å²) in [5.41, 5.74) is 5.65. The van der Waals surface area contributed by atoms with Crippen molar-refractivity contribution in [3.05, 3.63) is 35.4 Å². The molecule has 1 heterocycles. The van der Waals surface area contributed by atoms with Crippen LogP contribution in [0.15, 0.2) is 24.3 Å². The Balaban J connectivity index is 2.59. The first-order valence-corrected chi connectivity index (χ1v) is 5.03. The molecule has 78 valence electrons. The molecule has 0 spiro atoms. The van der Waals surface area contributed by atoms with Crippen molar-refractivity contribution in [2.75, 3.05) is 0 Å². The van der Waals surface area contributed by atoms with E-state index in [9.17, 15) is 0 Å². The van der Waals surface area contributed by atoms with Crippen LogP contribution >= 0.6 is 0 Å². The Labute approximate surface area is 89.4 Å². The Morgan fingerprint density at radius 3 is 2.67 bits per heavy atom. The third kappa shape index (κ3) is 1.77. The molecule has 3 heteroatoms. The first-order chi connectivity index (χ1) is 7.08. The third-order valence-corrected chi connectivity index (χ3v) is 2.55. The summed E-state index contributed by atoms with van der Waals surface area (Å²) in [4.78, 5) is 0. The number of allylic oxidation sites excluding steroid dienone is 1. The van der Waals surface area contributed by atoms with Crippen molar-refractivity contribution in [3.63, 3.8) is 0 Å². The molecule has 3 nitrogen and oxygen atoms in total. The van der Waals surface area contributed by atoms with Gasteiger partial charge in [-0.1, -0.05) is 17.4 Å². The molecule has 0 N–H and O–H groups in total. The van der Waals surface area contributed by atoms with E-state index in [0.717, 1.165) is 23.2 Å². The molecule has 2 rings (SSSR count). The SMILES string of the molecule is C=C(C)Cn1nnc2cc(C)c(C)cc21. The fourth-order valence-electron chi connectivity index (χ4n) is 1.60. The largest absolute Gasteiger partial charge is 0.241 e. The van der Waals surface area contributed by atoms with Crippen molar-refractivity contribution in [3.8, 4) is 0 Å². The smallest absolute Gasteiger partial charge is 0.113 e. The predicted octanol–water partition coefficient (Wildman–Crippen LogP) is 2.62. The second-order valence-corrected chi connectivity index (χ2v) is 4.13. The fourth-order valence-corrected chi connectivity index (χ4v) is 1.60. The number of nitrogens with zero attached hydrogens (tertiary/aromatic N) is 3. The van der Waals surface area contributed by atoms with E-state index in [2.05, 4.69) is 42.9 Å². The van der Waals surface area contributed by atoms with Gasteiger partial charge in [0, 0.05) is 0 Å². The highest BCUT2D eigenvalue weighted by Crippen LogP contribution is 2.17. The average molecular weight is 201 g/mol. The van der Waals surface area contributed by atoms with E-state index in [0.29, 0.717) is 0 Å². The summed E-state index contributed by atoms with van der Waals surface area (Å²) in [6.45, 7) is 10.8. The summed E-state index contributed by atoms with van der Waals surface area (Å²) in [7, 11) is 0. The van der Waals surface area contributed by atoms with Gasteiger partial charge in [0.2, 0.25) is 0 Å². The van der Waals surface area contributed by atoms with Crippen LogP contribution in [0.3, 0.4) is 0 Å². The zero-order chi connectivity index (χ0) is 11.0. The predicted molar refractivity (Wildman–Crippen MR) is 61.8 cm³/mol. The lowest BCUT2D eigenvalue weighted by Gasteiger charge is -2.03. The number of aromatic nitrogens is 3. The van der Waals surface area contributed by atoms with E-state index < -0.39 is 0 Å². The van der Waals surface area contributed by atoms with Crippen LogP contribution in [-0.4, -0.2) is 15.0 Å². The first kappa shape index (κ1) is 9.90. The van der Waals surface area contributed by atoms with Crippen molar-refractivity contribution >= 4 is 11.0 Å². The first-order valence-electron chi connectivity index (χ1n) is 5.03. The van der Waals surface area contributed by atoms with Crippen molar-refractivity contribution in [1.82, 2.24) is 15.0 Å². The Bertz CT molecular complexity index is 523. The van der Waals surface area contributed by atoms with Gasteiger partial charge in [-0.3, -0.25) is 0 Å². The van der Waals surface area contributed by atoms with Gasteiger partial charge in [-0.2, -0.15) is 0 Å². The second-order valence-electron chi connectivity index (χ2n) is 4.13. The van der Waals surface area contributed by atoms with Crippen LogP contribution < -0.4 is 0 Å². The molecule has 2 aromatic rings. The molecule has 1 aromatic heterocycles. The van der Waals surface area contributed by atoms with E-state index in [1.165, 1.54) is 11.1 Å². The number of hydrogen-bond donors (Lipinski definition) is 0. The Kier molecular flexibility index (Phi) is 2.31. The molecule has 0 atom stereocenters. The summed E-state index contributed by atoms with van der Waals surface area (Å²) in [6, 6.07) is 4.21. The maximum absolute atomic E-state index is 4.15. The molecule has 1 aromatic carbocycles. The maximum atomic E-state index is 4.15. The number of aryl methyl sites for hydroxylation is 2. The lowest BCUT2D eigenvalue weighted by molar-refractivity contribution is 0.663. The Morgan fingerprint density at radius 2 is 2.00 bits per heavy atom.